The summed E-state index contributed by atoms with van der Waals surface area (Å²) in [7, 11) is 0. The molecular weight excluding hydrogens is 332 g/mol. The number of aromatic nitrogens is 2. The third-order valence-corrected chi connectivity index (χ3v) is 5.97. The number of carbonyl (C=O) groups excluding carboxylic acids is 1. The van der Waals surface area contributed by atoms with Gasteiger partial charge in [0.1, 0.15) is 0 Å². The molecule has 0 saturated carbocycles. The monoisotopic (exact) mass is 362 g/mol. The van der Waals surface area contributed by atoms with Gasteiger partial charge in [-0.2, -0.15) is 0 Å². The van der Waals surface area contributed by atoms with E-state index in [1.807, 2.05) is 13.8 Å². The predicted octanol–water partition coefficient (Wildman–Crippen LogP) is 0.555. The van der Waals surface area contributed by atoms with Gasteiger partial charge in [-0.05, 0) is 52.1 Å². The maximum absolute atomic E-state index is 12.3. The topological polar surface area (TPSA) is 78.7 Å². The Labute approximate surface area is 154 Å². The van der Waals surface area contributed by atoms with Crippen molar-refractivity contribution in [2.24, 2.45) is 5.92 Å². The molecule has 1 unspecified atom stereocenters. The molecule has 0 aliphatic carbocycles. The van der Waals surface area contributed by atoms with Gasteiger partial charge in [0.25, 0.3) is 5.56 Å². The molecule has 26 heavy (non-hydrogen) atoms. The van der Waals surface area contributed by atoms with Crippen LogP contribution in [0.1, 0.15) is 37.4 Å². The van der Waals surface area contributed by atoms with Crippen LogP contribution < -0.4 is 5.56 Å². The molecule has 1 amide bonds. The van der Waals surface area contributed by atoms with E-state index in [2.05, 4.69) is 9.88 Å². The first kappa shape index (κ1) is 19.0. The van der Waals surface area contributed by atoms with Gasteiger partial charge in [0.15, 0.2) is 0 Å². The van der Waals surface area contributed by atoms with Gasteiger partial charge in [-0.15, -0.1) is 0 Å². The quantitative estimate of drug-likeness (QED) is 0.847. The molecule has 1 aromatic heterocycles. The first-order valence-corrected chi connectivity index (χ1v) is 9.50. The molecule has 7 nitrogen and oxygen atoms in total. The van der Waals surface area contributed by atoms with E-state index in [0.29, 0.717) is 38.5 Å². The zero-order valence-electron chi connectivity index (χ0n) is 16.1. The number of aliphatic hydroxyl groups is 1. The van der Waals surface area contributed by atoms with Crippen LogP contribution in [0.25, 0.3) is 0 Å². The van der Waals surface area contributed by atoms with Gasteiger partial charge < -0.3 is 14.9 Å². The molecule has 0 aromatic carbocycles. The Bertz CT molecular complexity index is 724. The molecule has 2 saturated heterocycles. The lowest BCUT2D eigenvalue weighted by Crippen LogP contribution is -2.48. The largest absolute Gasteiger partial charge is 0.387 e. The molecule has 1 N–H and O–H groups in total. The van der Waals surface area contributed by atoms with Gasteiger partial charge in [0.2, 0.25) is 5.91 Å². The van der Waals surface area contributed by atoms with Crippen molar-refractivity contribution in [1.82, 2.24) is 19.4 Å². The summed E-state index contributed by atoms with van der Waals surface area (Å²) in [5.41, 5.74) is 0.798. The molecule has 1 aromatic rings. The van der Waals surface area contributed by atoms with Crippen molar-refractivity contribution >= 4 is 5.91 Å². The highest BCUT2D eigenvalue weighted by Gasteiger charge is 2.39. The summed E-state index contributed by atoms with van der Waals surface area (Å²) in [6.07, 6.45) is 4.32. The number of rotatable bonds is 4. The van der Waals surface area contributed by atoms with Crippen LogP contribution in [-0.4, -0.2) is 68.7 Å². The van der Waals surface area contributed by atoms with Crippen molar-refractivity contribution in [3.05, 3.63) is 27.9 Å². The van der Waals surface area contributed by atoms with Gasteiger partial charge in [-0.25, -0.2) is 4.98 Å². The van der Waals surface area contributed by atoms with E-state index < -0.39 is 5.60 Å². The van der Waals surface area contributed by atoms with Crippen molar-refractivity contribution < 1.29 is 9.90 Å². The van der Waals surface area contributed by atoms with Crippen LogP contribution in [0.15, 0.2) is 11.1 Å². The lowest BCUT2D eigenvalue weighted by atomic mass is 9.94. The predicted molar refractivity (Wildman–Crippen MR) is 99.0 cm³/mol. The second-order valence-electron chi connectivity index (χ2n) is 8.05. The minimum absolute atomic E-state index is 0.0343. The Kier molecular flexibility index (Phi) is 5.48. The highest BCUT2D eigenvalue weighted by Crippen LogP contribution is 2.26. The molecule has 0 bridgehead atoms. The number of piperidine rings is 1. The normalized spacial score (nSPS) is 25.0. The first-order chi connectivity index (χ1) is 12.3. The number of amides is 1. The number of carbonyl (C=O) groups is 1. The smallest absolute Gasteiger partial charge is 0.256 e. The summed E-state index contributed by atoms with van der Waals surface area (Å²) >= 11 is 0. The molecule has 0 radical (unpaired) electrons. The number of likely N-dealkylation sites (tertiary alicyclic amines) is 2. The van der Waals surface area contributed by atoms with Crippen molar-refractivity contribution in [3.63, 3.8) is 0 Å². The molecular formula is C19H30N4O3. The van der Waals surface area contributed by atoms with E-state index in [-0.39, 0.29) is 11.5 Å². The van der Waals surface area contributed by atoms with E-state index >= 15 is 0 Å². The average molecular weight is 362 g/mol. The molecule has 1 atom stereocenters. The summed E-state index contributed by atoms with van der Waals surface area (Å²) < 4.78 is 1.73. The van der Waals surface area contributed by atoms with E-state index in [4.69, 9.17) is 0 Å². The summed E-state index contributed by atoms with van der Waals surface area (Å²) in [4.78, 5) is 32.1. The Hall–Kier alpha value is -1.73. The lowest BCUT2D eigenvalue weighted by Gasteiger charge is -2.36. The highest BCUT2D eigenvalue weighted by atomic mass is 16.3. The maximum atomic E-state index is 12.3. The third kappa shape index (κ3) is 4.15. The molecule has 7 heteroatoms. The van der Waals surface area contributed by atoms with Crippen LogP contribution in [0.2, 0.25) is 0 Å². The van der Waals surface area contributed by atoms with E-state index in [9.17, 15) is 14.7 Å². The zero-order valence-corrected chi connectivity index (χ0v) is 16.1. The van der Waals surface area contributed by atoms with Crippen LogP contribution in [0, 0.1) is 19.8 Å². The van der Waals surface area contributed by atoms with Gasteiger partial charge in [-0.1, -0.05) is 0 Å². The maximum Gasteiger partial charge on any atom is 0.256 e. The standard InChI is InChI=1S/C19H30N4O3/c1-14-15(2)20-13-23(18(14)25)10-17-4-7-21(8-5-17)11-19(26)6-9-22(12-19)16(3)24/h13,17,26H,4-12H2,1-3H3. The molecule has 3 heterocycles. The molecule has 0 spiro atoms. The minimum Gasteiger partial charge on any atom is -0.387 e. The van der Waals surface area contributed by atoms with E-state index in [0.717, 1.165) is 37.2 Å². The van der Waals surface area contributed by atoms with Gasteiger partial charge >= 0.3 is 0 Å². The zero-order chi connectivity index (χ0) is 18.9. The Morgan fingerprint density at radius 1 is 1.31 bits per heavy atom. The Morgan fingerprint density at radius 2 is 2.00 bits per heavy atom. The van der Waals surface area contributed by atoms with Crippen molar-refractivity contribution in [2.45, 2.75) is 52.2 Å². The number of nitrogens with zero attached hydrogens (tertiary/aromatic N) is 4. The summed E-state index contributed by atoms with van der Waals surface area (Å²) in [6, 6.07) is 0. The lowest BCUT2D eigenvalue weighted by molar-refractivity contribution is -0.129. The number of aryl methyl sites for hydroxylation is 1. The van der Waals surface area contributed by atoms with Crippen LogP contribution >= 0.6 is 0 Å². The van der Waals surface area contributed by atoms with E-state index in [1.54, 1.807) is 22.7 Å². The average Bonchev–Trinajstić information content (AvgIpc) is 2.99. The second-order valence-corrected chi connectivity index (χ2v) is 8.05. The molecule has 2 fully saturated rings. The van der Waals surface area contributed by atoms with Crippen LogP contribution in [0.3, 0.4) is 0 Å². The van der Waals surface area contributed by atoms with Crippen LogP contribution in [0.4, 0.5) is 0 Å². The highest BCUT2D eigenvalue weighted by molar-refractivity contribution is 5.73. The molecule has 144 valence electrons. The first-order valence-electron chi connectivity index (χ1n) is 9.50. The fourth-order valence-corrected chi connectivity index (χ4v) is 4.08. The SMILES string of the molecule is CC(=O)N1CCC(O)(CN2CCC(Cn3cnc(C)c(C)c3=O)CC2)C1. The summed E-state index contributed by atoms with van der Waals surface area (Å²) in [5, 5.41) is 10.8. The van der Waals surface area contributed by atoms with Crippen molar-refractivity contribution in [1.29, 1.82) is 0 Å². The van der Waals surface area contributed by atoms with Crippen molar-refractivity contribution in [2.75, 3.05) is 32.7 Å². The Balaban J connectivity index is 1.51. The molecule has 3 rings (SSSR count). The van der Waals surface area contributed by atoms with Crippen LogP contribution in [-0.2, 0) is 11.3 Å². The van der Waals surface area contributed by atoms with E-state index in [1.165, 1.54) is 0 Å². The van der Waals surface area contributed by atoms with Crippen LogP contribution in [0.5, 0.6) is 0 Å². The fourth-order valence-electron chi connectivity index (χ4n) is 4.08. The number of hydrogen-bond donors (Lipinski definition) is 1. The Morgan fingerprint density at radius 3 is 2.62 bits per heavy atom. The number of hydrogen-bond acceptors (Lipinski definition) is 5. The molecule has 2 aliphatic rings. The van der Waals surface area contributed by atoms with Gasteiger partial charge in [0, 0.05) is 37.8 Å². The number of β-amino-alcohol motifs (C(OH)–C–C–N with tert-alkyl or cyclic N) is 1. The summed E-state index contributed by atoms with van der Waals surface area (Å²) in [6.45, 7) is 9.49. The fraction of sp³-hybridized carbons (Fsp3) is 0.737. The second kappa shape index (κ2) is 7.48. The molecule has 2 aliphatic heterocycles. The van der Waals surface area contributed by atoms with Gasteiger partial charge in [0.05, 0.1) is 18.5 Å². The van der Waals surface area contributed by atoms with Crippen molar-refractivity contribution in [3.8, 4) is 0 Å². The summed E-state index contributed by atoms with van der Waals surface area (Å²) in [5.74, 6) is 0.492. The van der Waals surface area contributed by atoms with Gasteiger partial charge in [-0.3, -0.25) is 14.2 Å². The third-order valence-electron chi connectivity index (χ3n) is 5.97. The minimum atomic E-state index is -0.784.